The molecule has 0 saturated heterocycles. The molecule has 0 aromatic carbocycles. The van der Waals surface area contributed by atoms with Crippen molar-refractivity contribution < 1.29 is 14.6 Å². The van der Waals surface area contributed by atoms with Gasteiger partial charge in [0.1, 0.15) is 0 Å². The maximum absolute atomic E-state index is 10.8. The smallest absolute Gasteiger partial charge is 0.332 e. The van der Waals surface area contributed by atoms with Crippen LogP contribution in [0.2, 0.25) is 0 Å². The number of carbonyl (C=O) groups is 1. The average Bonchev–Trinajstić information content (AvgIpc) is 2.69. The van der Waals surface area contributed by atoms with Crippen LogP contribution in [0.3, 0.4) is 0 Å². The van der Waals surface area contributed by atoms with Gasteiger partial charge in [0.2, 0.25) is 0 Å². The zero-order valence-corrected chi connectivity index (χ0v) is 19.2. The Labute approximate surface area is 176 Å². The fourth-order valence-electron chi connectivity index (χ4n) is 3.93. The molecule has 0 aromatic rings. The molecule has 1 atom stereocenters. The minimum atomic E-state index is -0.833. The molecule has 28 heavy (non-hydrogen) atoms. The molecule has 0 saturated carbocycles. The minimum Gasteiger partial charge on any atom is -0.479 e. The number of unbranched alkanes of at least 4 members (excludes halogenated alkanes) is 19. The molecule has 0 spiro atoms. The van der Waals surface area contributed by atoms with Gasteiger partial charge in [0.15, 0.2) is 6.10 Å². The van der Waals surface area contributed by atoms with Gasteiger partial charge in [-0.3, -0.25) is 0 Å². The molecule has 3 heteroatoms. The number of aliphatic carboxylic acids is 1. The predicted octanol–water partition coefficient (Wildman–Crippen LogP) is 8.30. The molecular weight excluding hydrogens is 348 g/mol. The normalized spacial score (nSPS) is 12.4. The number of carboxylic acid groups (broad SMARTS) is 1. The number of ether oxygens (including phenoxy) is 1. The summed E-state index contributed by atoms with van der Waals surface area (Å²) in [6.07, 6.45) is 27.4. The summed E-state index contributed by atoms with van der Waals surface area (Å²) >= 11 is 0. The van der Waals surface area contributed by atoms with Crippen LogP contribution in [0.15, 0.2) is 0 Å². The highest BCUT2D eigenvalue weighted by Gasteiger charge is 2.14. The molecule has 0 rings (SSSR count). The lowest BCUT2D eigenvalue weighted by molar-refractivity contribution is -0.148. The summed E-state index contributed by atoms with van der Waals surface area (Å²) in [7, 11) is 1.48. The van der Waals surface area contributed by atoms with Crippen molar-refractivity contribution in [2.75, 3.05) is 7.11 Å². The standard InChI is InChI=1S/C25H50O3/c1-3-4-5-6-7-8-9-10-11-12-13-14-15-16-17-18-19-20-21-22-23-24(28-2)25(26)27/h24H,3-23H2,1-2H3,(H,26,27)/t24-/m1/s1. The molecule has 0 aliphatic heterocycles. The summed E-state index contributed by atoms with van der Waals surface area (Å²) in [4.78, 5) is 10.8. The maximum Gasteiger partial charge on any atom is 0.332 e. The number of hydrogen-bond donors (Lipinski definition) is 1. The summed E-state index contributed by atoms with van der Waals surface area (Å²) in [5, 5.41) is 8.91. The van der Waals surface area contributed by atoms with Crippen molar-refractivity contribution in [2.45, 2.75) is 148 Å². The van der Waals surface area contributed by atoms with Crippen molar-refractivity contribution in [3.05, 3.63) is 0 Å². The first kappa shape index (κ1) is 27.4. The lowest BCUT2D eigenvalue weighted by Gasteiger charge is -2.09. The van der Waals surface area contributed by atoms with Crippen molar-refractivity contribution in [1.82, 2.24) is 0 Å². The van der Waals surface area contributed by atoms with Gasteiger partial charge in [-0.15, -0.1) is 0 Å². The van der Waals surface area contributed by atoms with Crippen LogP contribution in [-0.4, -0.2) is 24.3 Å². The van der Waals surface area contributed by atoms with Crippen LogP contribution < -0.4 is 0 Å². The molecule has 0 bridgehead atoms. The second-order valence-corrected chi connectivity index (χ2v) is 8.57. The molecule has 3 nitrogen and oxygen atoms in total. The molecule has 0 radical (unpaired) electrons. The second-order valence-electron chi connectivity index (χ2n) is 8.57. The highest BCUT2D eigenvalue weighted by Crippen LogP contribution is 2.15. The summed E-state index contributed by atoms with van der Waals surface area (Å²) in [6.45, 7) is 2.29. The minimum absolute atomic E-state index is 0.615. The zero-order valence-electron chi connectivity index (χ0n) is 19.2. The van der Waals surface area contributed by atoms with Crippen LogP contribution in [-0.2, 0) is 9.53 Å². The Morgan fingerprint density at radius 1 is 0.607 bits per heavy atom. The van der Waals surface area contributed by atoms with E-state index in [0.29, 0.717) is 6.42 Å². The molecule has 1 N–H and O–H groups in total. The molecular formula is C25H50O3. The van der Waals surface area contributed by atoms with Crippen LogP contribution in [0, 0.1) is 0 Å². The Kier molecular flexibility index (Phi) is 22.3. The van der Waals surface area contributed by atoms with Gasteiger partial charge in [0.05, 0.1) is 0 Å². The highest BCUT2D eigenvalue weighted by molar-refractivity contribution is 5.72. The fourth-order valence-corrected chi connectivity index (χ4v) is 3.93. The lowest BCUT2D eigenvalue weighted by Crippen LogP contribution is -2.21. The van der Waals surface area contributed by atoms with Crippen LogP contribution in [0.25, 0.3) is 0 Å². The number of carboxylic acids is 1. The van der Waals surface area contributed by atoms with E-state index in [1.54, 1.807) is 0 Å². The van der Waals surface area contributed by atoms with E-state index in [9.17, 15) is 4.79 Å². The third-order valence-corrected chi connectivity index (χ3v) is 5.88. The fraction of sp³-hybridized carbons (Fsp3) is 0.960. The van der Waals surface area contributed by atoms with Crippen LogP contribution >= 0.6 is 0 Å². The number of hydrogen-bond acceptors (Lipinski definition) is 2. The second kappa shape index (κ2) is 22.7. The van der Waals surface area contributed by atoms with Gasteiger partial charge in [-0.2, -0.15) is 0 Å². The Bertz CT molecular complexity index is 317. The molecule has 0 unspecified atom stereocenters. The van der Waals surface area contributed by atoms with Crippen molar-refractivity contribution in [3.8, 4) is 0 Å². The molecule has 0 aliphatic carbocycles. The molecule has 0 fully saturated rings. The molecule has 168 valence electrons. The van der Waals surface area contributed by atoms with E-state index >= 15 is 0 Å². The van der Waals surface area contributed by atoms with E-state index in [4.69, 9.17) is 9.84 Å². The Morgan fingerprint density at radius 3 is 1.14 bits per heavy atom. The first-order chi connectivity index (χ1) is 13.7. The van der Waals surface area contributed by atoms with E-state index in [-0.39, 0.29) is 0 Å². The maximum atomic E-state index is 10.8. The van der Waals surface area contributed by atoms with Gasteiger partial charge >= 0.3 is 5.97 Å². The Hall–Kier alpha value is -0.570. The van der Waals surface area contributed by atoms with Gasteiger partial charge in [0, 0.05) is 7.11 Å². The summed E-state index contributed by atoms with van der Waals surface area (Å²) in [5.41, 5.74) is 0. The SMILES string of the molecule is CCCCCCCCCCCCCCCCCCCCCC[C@@H](OC)C(=O)O. The van der Waals surface area contributed by atoms with E-state index in [2.05, 4.69) is 6.92 Å². The van der Waals surface area contributed by atoms with Crippen molar-refractivity contribution >= 4 is 5.97 Å². The first-order valence-electron chi connectivity index (χ1n) is 12.5. The van der Waals surface area contributed by atoms with Crippen LogP contribution in [0.1, 0.15) is 142 Å². The largest absolute Gasteiger partial charge is 0.479 e. The van der Waals surface area contributed by atoms with Crippen molar-refractivity contribution in [2.24, 2.45) is 0 Å². The van der Waals surface area contributed by atoms with Gasteiger partial charge < -0.3 is 9.84 Å². The van der Waals surface area contributed by atoms with Gasteiger partial charge in [0.25, 0.3) is 0 Å². The molecule has 0 amide bonds. The van der Waals surface area contributed by atoms with Gasteiger partial charge in [-0.05, 0) is 6.42 Å². The Morgan fingerprint density at radius 2 is 0.893 bits per heavy atom. The quantitative estimate of drug-likeness (QED) is 0.176. The third kappa shape index (κ3) is 20.2. The molecule has 0 aliphatic rings. The van der Waals surface area contributed by atoms with Crippen molar-refractivity contribution in [1.29, 1.82) is 0 Å². The van der Waals surface area contributed by atoms with E-state index in [0.717, 1.165) is 12.8 Å². The summed E-state index contributed by atoms with van der Waals surface area (Å²) in [6, 6.07) is 0. The molecule has 0 aromatic heterocycles. The monoisotopic (exact) mass is 398 g/mol. The highest BCUT2D eigenvalue weighted by atomic mass is 16.5. The Balaban J connectivity index is 3.09. The topological polar surface area (TPSA) is 46.5 Å². The molecule has 0 heterocycles. The van der Waals surface area contributed by atoms with E-state index in [1.165, 1.54) is 123 Å². The average molecular weight is 399 g/mol. The predicted molar refractivity (Wildman–Crippen MR) is 121 cm³/mol. The summed E-state index contributed by atoms with van der Waals surface area (Å²) < 4.78 is 4.95. The van der Waals surface area contributed by atoms with Gasteiger partial charge in [-0.1, -0.05) is 135 Å². The number of methoxy groups -OCH3 is 1. The van der Waals surface area contributed by atoms with E-state index in [1.807, 2.05) is 0 Å². The lowest BCUT2D eigenvalue weighted by atomic mass is 10.0. The van der Waals surface area contributed by atoms with Crippen LogP contribution in [0.5, 0.6) is 0 Å². The van der Waals surface area contributed by atoms with Gasteiger partial charge in [-0.25, -0.2) is 4.79 Å². The van der Waals surface area contributed by atoms with Crippen LogP contribution in [0.4, 0.5) is 0 Å². The zero-order chi connectivity index (χ0) is 20.7. The third-order valence-electron chi connectivity index (χ3n) is 5.88. The van der Waals surface area contributed by atoms with Crippen molar-refractivity contribution in [3.63, 3.8) is 0 Å². The van der Waals surface area contributed by atoms with E-state index < -0.39 is 12.1 Å². The number of rotatable bonds is 23. The summed E-state index contributed by atoms with van der Waals surface area (Å²) in [5.74, 6) is -0.833. The first-order valence-corrected chi connectivity index (χ1v) is 12.5.